The van der Waals surface area contributed by atoms with Gasteiger partial charge in [0.05, 0.1) is 10.9 Å². The maximum Gasteiger partial charge on any atom is 0.353 e. The third-order valence-electron chi connectivity index (χ3n) is 3.42. The third kappa shape index (κ3) is 2.26. The molecule has 0 saturated heterocycles. The Bertz CT molecular complexity index is 890. The molecule has 2 aromatic heterocycles. The van der Waals surface area contributed by atoms with E-state index >= 15 is 0 Å². The van der Waals surface area contributed by atoms with Crippen molar-refractivity contribution in [3.05, 3.63) is 65.5 Å². The molecule has 102 valence electrons. The van der Waals surface area contributed by atoms with E-state index in [1.807, 2.05) is 6.07 Å². The zero-order valence-corrected chi connectivity index (χ0v) is 13.1. The van der Waals surface area contributed by atoms with Crippen LogP contribution < -0.4 is 4.52 Å². The van der Waals surface area contributed by atoms with Gasteiger partial charge in [-0.2, -0.15) is 0 Å². The number of aromatic nitrogens is 2. The minimum Gasteiger partial charge on any atom is -0.0622 e. The fourth-order valence-electron chi connectivity index (χ4n) is 2.27. The molecule has 2 nitrogen and oxygen atoms in total. The quantitative estimate of drug-likeness (QED) is 0.495. The Morgan fingerprint density at radius 1 is 0.905 bits per heavy atom. The second kappa shape index (κ2) is 5.06. The number of aryl methyl sites for hydroxylation is 1. The second-order valence-electron chi connectivity index (χ2n) is 4.94. The van der Waals surface area contributed by atoms with Crippen molar-refractivity contribution in [1.29, 1.82) is 0 Å². The Balaban J connectivity index is 1.84. The van der Waals surface area contributed by atoms with Crippen LogP contribution in [0.4, 0.5) is 0 Å². The summed E-state index contributed by atoms with van der Waals surface area (Å²) in [6.45, 7) is 2.10. The molecular weight excluding hydrogens is 296 g/mol. The number of nitrogens with zero attached hydrogens (tertiary/aromatic N) is 2. The van der Waals surface area contributed by atoms with Crippen LogP contribution in [0.3, 0.4) is 0 Å². The molecule has 0 radical (unpaired) electrons. The van der Waals surface area contributed by atoms with Gasteiger partial charge in [0.15, 0.2) is 5.01 Å². The molecule has 21 heavy (non-hydrogen) atoms. The van der Waals surface area contributed by atoms with Gasteiger partial charge < -0.3 is 0 Å². The van der Waals surface area contributed by atoms with Gasteiger partial charge in [0.2, 0.25) is 0 Å². The lowest BCUT2D eigenvalue weighted by Gasteiger charge is -1.93. The SMILES string of the molecule is Cc1ccc(-c2n[n+]3c(-c4ccccc4)csc3s2)cc1. The number of hydrogen-bond acceptors (Lipinski definition) is 3. The van der Waals surface area contributed by atoms with Gasteiger partial charge in [-0.3, -0.25) is 0 Å². The largest absolute Gasteiger partial charge is 0.353 e. The van der Waals surface area contributed by atoms with E-state index in [2.05, 4.69) is 65.4 Å². The normalized spacial score (nSPS) is 11.1. The molecule has 0 aliphatic carbocycles. The van der Waals surface area contributed by atoms with Crippen LogP contribution in [0, 0.1) is 6.92 Å². The smallest absolute Gasteiger partial charge is 0.0622 e. The van der Waals surface area contributed by atoms with E-state index < -0.39 is 0 Å². The first kappa shape index (κ1) is 12.7. The summed E-state index contributed by atoms with van der Waals surface area (Å²) in [4.78, 5) is 0. The van der Waals surface area contributed by atoms with Crippen LogP contribution in [0.5, 0.6) is 0 Å². The molecule has 0 amide bonds. The molecule has 0 fully saturated rings. The van der Waals surface area contributed by atoms with Gasteiger partial charge in [0.1, 0.15) is 0 Å². The Kier molecular flexibility index (Phi) is 3.05. The summed E-state index contributed by atoms with van der Waals surface area (Å²) < 4.78 is 3.27. The van der Waals surface area contributed by atoms with Gasteiger partial charge in [-0.1, -0.05) is 59.4 Å². The van der Waals surface area contributed by atoms with E-state index in [1.54, 1.807) is 22.7 Å². The van der Waals surface area contributed by atoms with Crippen LogP contribution in [-0.2, 0) is 0 Å². The van der Waals surface area contributed by atoms with Crippen molar-refractivity contribution in [2.75, 3.05) is 0 Å². The summed E-state index contributed by atoms with van der Waals surface area (Å²) in [5.41, 5.74) is 4.81. The first-order valence-corrected chi connectivity index (χ1v) is 8.44. The van der Waals surface area contributed by atoms with Gasteiger partial charge >= 0.3 is 4.14 Å². The minimum absolute atomic E-state index is 1.07. The van der Waals surface area contributed by atoms with Crippen LogP contribution in [0.1, 0.15) is 5.56 Å². The lowest BCUT2D eigenvalue weighted by molar-refractivity contribution is -0.559. The first-order valence-electron chi connectivity index (χ1n) is 6.74. The highest BCUT2D eigenvalue weighted by atomic mass is 32.2. The molecule has 0 saturated carbocycles. The average molecular weight is 309 g/mol. The monoisotopic (exact) mass is 309 g/mol. The number of fused-ring (bicyclic) bond motifs is 1. The van der Waals surface area contributed by atoms with Crippen molar-refractivity contribution in [3.8, 4) is 21.8 Å². The van der Waals surface area contributed by atoms with Gasteiger partial charge in [-0.05, 0) is 34.9 Å². The maximum atomic E-state index is 4.79. The molecule has 0 unspecified atom stereocenters. The van der Waals surface area contributed by atoms with E-state index in [0.29, 0.717) is 0 Å². The molecule has 4 aromatic rings. The number of hydrogen-bond donors (Lipinski definition) is 0. The molecule has 0 spiro atoms. The molecule has 0 N–H and O–H groups in total. The summed E-state index contributed by atoms with van der Waals surface area (Å²) in [5, 5.41) is 8.04. The number of thiazole rings is 1. The highest BCUT2D eigenvalue weighted by molar-refractivity contribution is 7.36. The summed E-state index contributed by atoms with van der Waals surface area (Å²) in [5.74, 6) is 0. The molecule has 0 aliphatic heterocycles. The average Bonchev–Trinajstić information content (AvgIpc) is 3.09. The minimum atomic E-state index is 1.07. The molecule has 0 bridgehead atoms. The molecule has 0 aliphatic rings. The topological polar surface area (TPSA) is 17.0 Å². The van der Waals surface area contributed by atoms with E-state index in [4.69, 9.17) is 5.10 Å². The van der Waals surface area contributed by atoms with Gasteiger partial charge in [0.25, 0.3) is 5.69 Å². The van der Waals surface area contributed by atoms with Gasteiger partial charge in [-0.15, -0.1) is 0 Å². The Morgan fingerprint density at radius 2 is 1.67 bits per heavy atom. The molecular formula is C17H13N2S2+. The molecule has 4 heteroatoms. The van der Waals surface area contributed by atoms with E-state index in [1.165, 1.54) is 20.8 Å². The van der Waals surface area contributed by atoms with Crippen LogP contribution in [0.2, 0.25) is 0 Å². The van der Waals surface area contributed by atoms with Gasteiger partial charge in [0, 0.05) is 10.7 Å². The second-order valence-corrected chi connectivity index (χ2v) is 7.03. The van der Waals surface area contributed by atoms with Crippen molar-refractivity contribution >= 4 is 26.8 Å². The highest BCUT2D eigenvalue weighted by Gasteiger charge is 2.22. The summed E-state index contributed by atoms with van der Waals surface area (Å²) in [6.07, 6.45) is 0. The summed E-state index contributed by atoms with van der Waals surface area (Å²) in [6, 6.07) is 19.0. The summed E-state index contributed by atoms with van der Waals surface area (Å²) >= 11 is 3.49. The standard InChI is InChI=1S/C17H13N2S2/c1-12-7-9-14(10-8-12)16-18-19-15(11-20-17(19)21-16)13-5-3-2-4-6-13/h2-11H,1H3/q+1. The molecule has 0 atom stereocenters. The molecule has 2 aromatic carbocycles. The van der Waals surface area contributed by atoms with E-state index in [9.17, 15) is 0 Å². The van der Waals surface area contributed by atoms with Crippen LogP contribution in [0.15, 0.2) is 60.0 Å². The fourth-order valence-corrected chi connectivity index (χ4v) is 4.30. The van der Waals surface area contributed by atoms with Crippen LogP contribution in [-0.4, -0.2) is 5.10 Å². The predicted molar refractivity (Wildman–Crippen MR) is 88.8 cm³/mol. The van der Waals surface area contributed by atoms with Crippen LogP contribution >= 0.6 is 22.7 Å². The van der Waals surface area contributed by atoms with Crippen molar-refractivity contribution in [2.45, 2.75) is 6.92 Å². The molecule has 2 heterocycles. The van der Waals surface area contributed by atoms with Crippen molar-refractivity contribution in [3.63, 3.8) is 0 Å². The molecule has 4 rings (SSSR count). The number of benzene rings is 2. The zero-order chi connectivity index (χ0) is 14.2. The Morgan fingerprint density at radius 3 is 2.43 bits per heavy atom. The highest BCUT2D eigenvalue weighted by Crippen LogP contribution is 2.29. The van der Waals surface area contributed by atoms with E-state index in [-0.39, 0.29) is 0 Å². The predicted octanol–water partition coefficient (Wildman–Crippen LogP) is 4.59. The van der Waals surface area contributed by atoms with Gasteiger partial charge in [-0.25, -0.2) is 0 Å². The van der Waals surface area contributed by atoms with Crippen molar-refractivity contribution in [2.24, 2.45) is 0 Å². The first-order chi connectivity index (χ1) is 10.3. The van der Waals surface area contributed by atoms with Crippen molar-refractivity contribution in [1.82, 2.24) is 5.10 Å². The summed E-state index contributed by atoms with van der Waals surface area (Å²) in [7, 11) is 0. The van der Waals surface area contributed by atoms with Crippen LogP contribution in [0.25, 0.3) is 26.0 Å². The third-order valence-corrected chi connectivity index (χ3v) is 5.53. The van der Waals surface area contributed by atoms with Crippen molar-refractivity contribution < 1.29 is 4.52 Å². The fraction of sp³-hybridized carbons (Fsp3) is 0.0588. The Labute approximate surface area is 131 Å². The maximum absolute atomic E-state index is 4.79. The zero-order valence-electron chi connectivity index (χ0n) is 11.5. The van der Waals surface area contributed by atoms with E-state index in [0.717, 1.165) is 10.7 Å². The lowest BCUT2D eigenvalue weighted by atomic mass is 10.2. The number of rotatable bonds is 2. The lowest BCUT2D eigenvalue weighted by Crippen LogP contribution is -2.22. The Hall–Kier alpha value is -2.04.